The van der Waals surface area contributed by atoms with Crippen LogP contribution in [0.2, 0.25) is 5.02 Å². The molecule has 1 aliphatic heterocycles. The van der Waals surface area contributed by atoms with Crippen LogP contribution in [-0.2, 0) is 16.0 Å². The minimum atomic E-state index is -0.585. The monoisotopic (exact) mass is 553 g/mol. The number of phenolic OH excluding ortho intramolecular Hbond substituents is 1. The van der Waals surface area contributed by atoms with Gasteiger partial charge >= 0.3 is 0 Å². The number of carbonyl (C=O) groups excluding carboxylic acids is 3. The molecule has 1 aliphatic rings. The van der Waals surface area contributed by atoms with Gasteiger partial charge in [-0.1, -0.05) is 23.7 Å². The molecule has 0 saturated heterocycles. The number of rotatable bonds is 3. The molecular formula is C29H29ClFN3O5. The van der Waals surface area contributed by atoms with Gasteiger partial charge in [0.05, 0.1) is 0 Å². The number of hydrogen-bond acceptors (Lipinski definition) is 5. The highest BCUT2D eigenvalue weighted by Gasteiger charge is 2.18. The van der Waals surface area contributed by atoms with Gasteiger partial charge in [-0.25, -0.2) is 4.39 Å². The van der Waals surface area contributed by atoms with E-state index in [0.717, 1.165) is 5.56 Å². The lowest BCUT2D eigenvalue weighted by atomic mass is 9.98. The molecule has 3 aromatic rings. The van der Waals surface area contributed by atoms with E-state index >= 15 is 0 Å². The SMILES string of the molecule is O=C1CCCN(C(=O)COc2cccc(Cl)c2)CCNC(=O)c2ccc(F)c(c2)-c2cc(ccc2O)CCN1. The van der Waals surface area contributed by atoms with Crippen molar-refractivity contribution in [3.05, 3.63) is 82.6 Å². The van der Waals surface area contributed by atoms with Crippen LogP contribution in [0, 0.1) is 5.82 Å². The van der Waals surface area contributed by atoms with Crippen LogP contribution in [-0.4, -0.2) is 60.5 Å². The molecule has 0 aliphatic carbocycles. The van der Waals surface area contributed by atoms with Gasteiger partial charge in [-0.15, -0.1) is 0 Å². The van der Waals surface area contributed by atoms with Gasteiger partial charge < -0.3 is 25.4 Å². The number of ether oxygens (including phenoxy) is 1. The van der Waals surface area contributed by atoms with Crippen LogP contribution in [0.4, 0.5) is 4.39 Å². The van der Waals surface area contributed by atoms with Crippen LogP contribution in [0.15, 0.2) is 60.7 Å². The molecule has 0 saturated carbocycles. The van der Waals surface area contributed by atoms with E-state index < -0.39 is 11.7 Å². The molecule has 0 unspecified atom stereocenters. The molecule has 0 aromatic heterocycles. The Labute approximate surface area is 230 Å². The van der Waals surface area contributed by atoms with Gasteiger partial charge in [0.15, 0.2) is 6.61 Å². The van der Waals surface area contributed by atoms with Crippen molar-refractivity contribution in [3.8, 4) is 22.6 Å². The van der Waals surface area contributed by atoms with Crippen molar-refractivity contribution in [2.24, 2.45) is 0 Å². The van der Waals surface area contributed by atoms with Crippen molar-refractivity contribution in [1.82, 2.24) is 15.5 Å². The molecular weight excluding hydrogens is 525 g/mol. The third kappa shape index (κ3) is 7.70. The van der Waals surface area contributed by atoms with Gasteiger partial charge in [-0.05, 0) is 66.9 Å². The second-order valence-corrected chi connectivity index (χ2v) is 9.57. The van der Waals surface area contributed by atoms with Crippen LogP contribution >= 0.6 is 11.6 Å². The molecule has 0 fully saturated rings. The number of halogens is 2. The second kappa shape index (κ2) is 13.1. The number of nitrogens with zero attached hydrogens (tertiary/aromatic N) is 1. The van der Waals surface area contributed by atoms with Crippen molar-refractivity contribution in [1.29, 1.82) is 0 Å². The van der Waals surface area contributed by atoms with Gasteiger partial charge in [0.2, 0.25) is 5.91 Å². The maximum atomic E-state index is 14.7. The second-order valence-electron chi connectivity index (χ2n) is 9.13. The number of hydrogen-bond donors (Lipinski definition) is 3. The van der Waals surface area contributed by atoms with E-state index in [4.69, 9.17) is 16.3 Å². The largest absolute Gasteiger partial charge is 0.507 e. The molecule has 0 atom stereocenters. The van der Waals surface area contributed by atoms with Crippen molar-refractivity contribution in [2.75, 3.05) is 32.8 Å². The highest BCUT2D eigenvalue weighted by Crippen LogP contribution is 2.33. The van der Waals surface area contributed by atoms with Crippen LogP contribution in [0.3, 0.4) is 0 Å². The first kappa shape index (κ1) is 27.9. The summed E-state index contributed by atoms with van der Waals surface area (Å²) in [5.74, 6) is -1.18. The van der Waals surface area contributed by atoms with E-state index in [1.807, 2.05) is 0 Å². The molecule has 3 amide bonds. The lowest BCUT2D eigenvalue weighted by Crippen LogP contribution is -2.41. The number of phenols is 1. The topological polar surface area (TPSA) is 108 Å². The Kier molecular flexibility index (Phi) is 9.38. The van der Waals surface area contributed by atoms with Crippen LogP contribution in [0.25, 0.3) is 11.1 Å². The lowest BCUT2D eigenvalue weighted by molar-refractivity contribution is -0.133. The summed E-state index contributed by atoms with van der Waals surface area (Å²) in [4.78, 5) is 39.7. The first-order chi connectivity index (χ1) is 18.8. The first-order valence-corrected chi connectivity index (χ1v) is 13.0. The maximum Gasteiger partial charge on any atom is 0.260 e. The molecule has 3 aromatic carbocycles. The zero-order chi connectivity index (χ0) is 27.8. The molecule has 0 radical (unpaired) electrons. The summed E-state index contributed by atoms with van der Waals surface area (Å²) >= 11 is 5.98. The fourth-order valence-corrected chi connectivity index (χ4v) is 4.43. The zero-order valence-electron chi connectivity index (χ0n) is 21.2. The standard InChI is InChI=1S/C29H29ClFN3O5/c30-21-3-1-4-22(17-21)39-18-28(37)34-13-2-5-27(36)32-11-10-19-6-9-26(35)24(15-19)23-16-20(7-8-25(23)31)29(38)33-12-14-34/h1,3-4,6-9,15-17,35H,2,5,10-14,18H2,(H,32,36)(H,33,38). The van der Waals surface area contributed by atoms with E-state index in [1.54, 1.807) is 36.4 Å². The van der Waals surface area contributed by atoms with Crippen molar-refractivity contribution < 1.29 is 28.6 Å². The molecule has 4 rings (SSSR count). The average molecular weight is 554 g/mol. The molecule has 4 bridgehead atoms. The summed E-state index contributed by atoms with van der Waals surface area (Å²) in [6.45, 7) is 0.722. The van der Waals surface area contributed by atoms with Gasteiger partial charge in [0.25, 0.3) is 11.8 Å². The molecule has 0 spiro atoms. The van der Waals surface area contributed by atoms with E-state index in [2.05, 4.69) is 10.6 Å². The Balaban J connectivity index is 1.51. The first-order valence-electron chi connectivity index (χ1n) is 12.6. The molecule has 8 nitrogen and oxygen atoms in total. The Hall–Kier alpha value is -4.11. The Morgan fingerprint density at radius 1 is 0.974 bits per heavy atom. The number of aromatic hydroxyl groups is 1. The summed E-state index contributed by atoms with van der Waals surface area (Å²) in [7, 11) is 0. The van der Waals surface area contributed by atoms with Gasteiger partial charge in [0.1, 0.15) is 17.3 Å². The third-order valence-electron chi connectivity index (χ3n) is 6.33. The highest BCUT2D eigenvalue weighted by molar-refractivity contribution is 6.30. The molecule has 10 heteroatoms. The van der Waals surface area contributed by atoms with E-state index in [-0.39, 0.29) is 60.4 Å². The van der Waals surface area contributed by atoms with E-state index in [0.29, 0.717) is 36.7 Å². The van der Waals surface area contributed by atoms with Crippen LogP contribution in [0.5, 0.6) is 11.5 Å². The third-order valence-corrected chi connectivity index (χ3v) is 6.56. The van der Waals surface area contributed by atoms with Crippen molar-refractivity contribution in [3.63, 3.8) is 0 Å². The molecule has 3 N–H and O–H groups in total. The molecule has 1 heterocycles. The number of nitrogens with one attached hydrogen (secondary N) is 2. The summed E-state index contributed by atoms with van der Waals surface area (Å²) in [6.07, 6.45) is 1.10. The van der Waals surface area contributed by atoms with E-state index in [1.165, 1.54) is 29.2 Å². The quantitative estimate of drug-likeness (QED) is 0.455. The van der Waals surface area contributed by atoms with E-state index in [9.17, 15) is 23.9 Å². The van der Waals surface area contributed by atoms with Crippen molar-refractivity contribution >= 4 is 29.3 Å². The lowest BCUT2D eigenvalue weighted by Gasteiger charge is -2.23. The van der Waals surface area contributed by atoms with Gasteiger partial charge in [0, 0.05) is 54.3 Å². The minimum absolute atomic E-state index is 0.0853. The maximum absolute atomic E-state index is 14.7. The van der Waals surface area contributed by atoms with Gasteiger partial charge in [-0.3, -0.25) is 14.4 Å². The summed E-state index contributed by atoms with van der Waals surface area (Å²) < 4.78 is 20.3. The number of amides is 3. The Bertz CT molecular complexity index is 1370. The normalized spacial score (nSPS) is 15.0. The van der Waals surface area contributed by atoms with Crippen molar-refractivity contribution in [2.45, 2.75) is 19.3 Å². The summed E-state index contributed by atoms with van der Waals surface area (Å²) in [5, 5.41) is 16.5. The Morgan fingerprint density at radius 3 is 2.64 bits per heavy atom. The predicted molar refractivity (Wildman–Crippen MR) is 145 cm³/mol. The fourth-order valence-electron chi connectivity index (χ4n) is 4.25. The molecule has 39 heavy (non-hydrogen) atoms. The summed E-state index contributed by atoms with van der Waals surface area (Å²) in [5.41, 5.74) is 1.34. The summed E-state index contributed by atoms with van der Waals surface area (Å²) in [6, 6.07) is 15.5. The fraction of sp³-hybridized carbons (Fsp3) is 0.276. The average Bonchev–Trinajstić information content (AvgIpc) is 2.91. The molecule has 204 valence electrons. The Morgan fingerprint density at radius 2 is 1.82 bits per heavy atom. The highest BCUT2D eigenvalue weighted by atomic mass is 35.5. The minimum Gasteiger partial charge on any atom is -0.507 e. The zero-order valence-corrected chi connectivity index (χ0v) is 22.0. The van der Waals surface area contributed by atoms with Crippen LogP contribution < -0.4 is 15.4 Å². The number of fused-ring (bicyclic) bond motifs is 5. The van der Waals surface area contributed by atoms with Gasteiger partial charge in [-0.2, -0.15) is 0 Å². The van der Waals surface area contributed by atoms with Crippen LogP contribution in [0.1, 0.15) is 28.8 Å². The smallest absolute Gasteiger partial charge is 0.260 e. The number of benzene rings is 3. The number of carbonyl (C=O) groups is 3. The predicted octanol–water partition coefficient (Wildman–Crippen LogP) is 3.94.